The SMILES string of the molecule is O=C(NCC1CCCCC1CO)C1CCCCCCC1. The molecule has 2 aliphatic rings. The van der Waals surface area contributed by atoms with Gasteiger partial charge in [0.2, 0.25) is 5.91 Å². The van der Waals surface area contributed by atoms with Crippen LogP contribution in [0.15, 0.2) is 0 Å². The van der Waals surface area contributed by atoms with E-state index in [1.165, 1.54) is 44.9 Å². The molecule has 0 aromatic heterocycles. The molecule has 2 atom stereocenters. The molecule has 0 spiro atoms. The summed E-state index contributed by atoms with van der Waals surface area (Å²) < 4.78 is 0. The van der Waals surface area contributed by atoms with Gasteiger partial charge < -0.3 is 10.4 Å². The number of hydrogen-bond donors (Lipinski definition) is 2. The van der Waals surface area contributed by atoms with Crippen molar-refractivity contribution in [2.75, 3.05) is 13.2 Å². The Hall–Kier alpha value is -0.570. The van der Waals surface area contributed by atoms with Gasteiger partial charge in [0, 0.05) is 19.1 Å². The van der Waals surface area contributed by atoms with Gasteiger partial charge in [-0.15, -0.1) is 0 Å². The lowest BCUT2D eigenvalue weighted by Crippen LogP contribution is -2.38. The van der Waals surface area contributed by atoms with Crippen molar-refractivity contribution < 1.29 is 9.90 Å². The Morgan fingerprint density at radius 2 is 1.40 bits per heavy atom. The average Bonchev–Trinajstić information content (AvgIpc) is 2.44. The number of nitrogens with one attached hydrogen (secondary N) is 1. The zero-order valence-corrected chi connectivity index (χ0v) is 12.8. The minimum Gasteiger partial charge on any atom is -0.396 e. The highest BCUT2D eigenvalue weighted by atomic mass is 16.3. The van der Waals surface area contributed by atoms with Crippen LogP contribution in [0, 0.1) is 17.8 Å². The lowest BCUT2D eigenvalue weighted by Gasteiger charge is -2.31. The summed E-state index contributed by atoms with van der Waals surface area (Å²) in [7, 11) is 0. The standard InChI is InChI=1S/C17H31NO2/c19-13-16-11-7-6-10-15(16)12-18-17(20)14-8-4-2-1-3-5-9-14/h14-16,19H,1-13H2,(H,18,20). The van der Waals surface area contributed by atoms with E-state index in [0.29, 0.717) is 11.8 Å². The summed E-state index contributed by atoms with van der Waals surface area (Å²) in [5.74, 6) is 1.41. The molecule has 0 saturated heterocycles. The number of carbonyl (C=O) groups excluding carboxylic acids is 1. The molecule has 2 saturated carbocycles. The van der Waals surface area contributed by atoms with Gasteiger partial charge in [0.25, 0.3) is 0 Å². The lowest BCUT2D eigenvalue weighted by molar-refractivity contribution is -0.126. The highest BCUT2D eigenvalue weighted by molar-refractivity contribution is 5.78. The zero-order valence-electron chi connectivity index (χ0n) is 12.8. The molecule has 116 valence electrons. The number of rotatable bonds is 4. The largest absolute Gasteiger partial charge is 0.396 e. The maximum atomic E-state index is 12.3. The Morgan fingerprint density at radius 3 is 2.05 bits per heavy atom. The minimum absolute atomic E-state index is 0.242. The molecule has 2 unspecified atom stereocenters. The number of aliphatic hydroxyl groups is 1. The predicted molar refractivity (Wildman–Crippen MR) is 81.4 cm³/mol. The number of hydrogen-bond acceptors (Lipinski definition) is 2. The van der Waals surface area contributed by atoms with E-state index in [-0.39, 0.29) is 18.4 Å². The molecule has 1 amide bonds. The maximum absolute atomic E-state index is 12.3. The minimum atomic E-state index is 0.242. The van der Waals surface area contributed by atoms with Crippen LogP contribution >= 0.6 is 0 Å². The molecule has 20 heavy (non-hydrogen) atoms. The normalized spacial score (nSPS) is 29.4. The van der Waals surface area contributed by atoms with Gasteiger partial charge in [-0.05, 0) is 37.5 Å². The van der Waals surface area contributed by atoms with Crippen LogP contribution in [0.4, 0.5) is 0 Å². The van der Waals surface area contributed by atoms with Crippen LogP contribution in [0.3, 0.4) is 0 Å². The van der Waals surface area contributed by atoms with Crippen molar-refractivity contribution in [3.8, 4) is 0 Å². The average molecular weight is 281 g/mol. The third-order valence-corrected chi connectivity index (χ3v) is 5.32. The topological polar surface area (TPSA) is 49.3 Å². The van der Waals surface area contributed by atoms with E-state index in [0.717, 1.165) is 32.2 Å². The van der Waals surface area contributed by atoms with Gasteiger partial charge in [-0.25, -0.2) is 0 Å². The summed E-state index contributed by atoms with van der Waals surface area (Å²) in [6.07, 6.45) is 13.3. The molecule has 0 bridgehead atoms. The fourth-order valence-electron chi connectivity index (χ4n) is 3.89. The van der Waals surface area contributed by atoms with Crippen LogP contribution < -0.4 is 5.32 Å². The molecule has 3 heteroatoms. The van der Waals surface area contributed by atoms with E-state index < -0.39 is 0 Å². The van der Waals surface area contributed by atoms with Crippen molar-refractivity contribution in [2.45, 2.75) is 70.6 Å². The Balaban J connectivity index is 1.75. The van der Waals surface area contributed by atoms with E-state index in [4.69, 9.17) is 0 Å². The Kier molecular flexibility index (Phi) is 6.85. The summed E-state index contributed by atoms with van der Waals surface area (Å²) in [5.41, 5.74) is 0. The van der Waals surface area contributed by atoms with Gasteiger partial charge in [-0.1, -0.05) is 44.9 Å². The molecule has 0 radical (unpaired) electrons. The van der Waals surface area contributed by atoms with Crippen molar-refractivity contribution in [1.82, 2.24) is 5.32 Å². The van der Waals surface area contributed by atoms with Crippen LogP contribution in [0.5, 0.6) is 0 Å². The smallest absolute Gasteiger partial charge is 0.223 e. The summed E-state index contributed by atoms with van der Waals surface area (Å²) in [6, 6.07) is 0. The van der Waals surface area contributed by atoms with E-state index in [9.17, 15) is 9.90 Å². The highest BCUT2D eigenvalue weighted by Gasteiger charge is 2.26. The van der Waals surface area contributed by atoms with Crippen molar-refractivity contribution in [1.29, 1.82) is 0 Å². The first-order valence-electron chi connectivity index (χ1n) is 8.70. The first kappa shape index (κ1) is 15.8. The fourth-order valence-corrected chi connectivity index (χ4v) is 3.89. The van der Waals surface area contributed by atoms with Crippen LogP contribution in [0.1, 0.15) is 70.6 Å². The van der Waals surface area contributed by atoms with Crippen molar-refractivity contribution >= 4 is 5.91 Å². The molecule has 3 nitrogen and oxygen atoms in total. The maximum Gasteiger partial charge on any atom is 0.223 e. The monoisotopic (exact) mass is 281 g/mol. The zero-order chi connectivity index (χ0) is 14.2. The molecule has 2 aliphatic carbocycles. The van der Waals surface area contributed by atoms with Crippen LogP contribution in [-0.2, 0) is 4.79 Å². The third-order valence-electron chi connectivity index (χ3n) is 5.32. The van der Waals surface area contributed by atoms with Gasteiger partial charge in [0.15, 0.2) is 0 Å². The summed E-state index contributed by atoms with van der Waals surface area (Å²) in [6.45, 7) is 1.06. The second kappa shape index (κ2) is 8.66. The fraction of sp³-hybridized carbons (Fsp3) is 0.941. The van der Waals surface area contributed by atoms with Crippen molar-refractivity contribution in [3.63, 3.8) is 0 Å². The summed E-state index contributed by atoms with van der Waals surface area (Å²) in [4.78, 5) is 12.3. The first-order chi connectivity index (χ1) is 9.81. The second-order valence-corrected chi connectivity index (χ2v) is 6.77. The summed E-state index contributed by atoms with van der Waals surface area (Å²) >= 11 is 0. The predicted octanol–water partition coefficient (Wildman–Crippen LogP) is 3.26. The summed E-state index contributed by atoms with van der Waals surface area (Å²) in [5, 5.41) is 12.6. The van der Waals surface area contributed by atoms with Crippen LogP contribution in [-0.4, -0.2) is 24.2 Å². The Bertz CT molecular complexity index is 285. The quantitative estimate of drug-likeness (QED) is 0.831. The molecular formula is C17H31NO2. The van der Waals surface area contributed by atoms with Crippen molar-refractivity contribution in [3.05, 3.63) is 0 Å². The van der Waals surface area contributed by atoms with Gasteiger partial charge in [-0.3, -0.25) is 4.79 Å². The molecule has 2 fully saturated rings. The number of aliphatic hydroxyl groups excluding tert-OH is 1. The van der Waals surface area contributed by atoms with Gasteiger partial charge in [0.05, 0.1) is 0 Å². The molecule has 2 N–H and O–H groups in total. The number of carbonyl (C=O) groups is 1. The Labute approximate surface area is 123 Å². The van der Waals surface area contributed by atoms with E-state index in [2.05, 4.69) is 5.32 Å². The molecular weight excluding hydrogens is 250 g/mol. The number of amides is 1. The van der Waals surface area contributed by atoms with Crippen molar-refractivity contribution in [2.24, 2.45) is 17.8 Å². The molecule has 0 aliphatic heterocycles. The van der Waals surface area contributed by atoms with Gasteiger partial charge in [0.1, 0.15) is 0 Å². The van der Waals surface area contributed by atoms with E-state index >= 15 is 0 Å². The lowest BCUT2D eigenvalue weighted by atomic mass is 9.79. The van der Waals surface area contributed by atoms with Crippen LogP contribution in [0.2, 0.25) is 0 Å². The first-order valence-corrected chi connectivity index (χ1v) is 8.70. The van der Waals surface area contributed by atoms with Crippen LogP contribution in [0.25, 0.3) is 0 Å². The van der Waals surface area contributed by atoms with Gasteiger partial charge in [-0.2, -0.15) is 0 Å². The Morgan fingerprint density at radius 1 is 0.850 bits per heavy atom. The molecule has 0 aromatic rings. The molecule has 0 heterocycles. The molecule has 2 rings (SSSR count). The van der Waals surface area contributed by atoms with E-state index in [1.807, 2.05) is 0 Å². The second-order valence-electron chi connectivity index (χ2n) is 6.77. The third kappa shape index (κ3) is 4.76. The van der Waals surface area contributed by atoms with Gasteiger partial charge >= 0.3 is 0 Å². The van der Waals surface area contributed by atoms with E-state index in [1.54, 1.807) is 0 Å². The highest BCUT2D eigenvalue weighted by Crippen LogP contribution is 2.29. The molecule has 0 aromatic carbocycles.